The van der Waals surface area contributed by atoms with E-state index in [1.54, 1.807) is 17.5 Å². The van der Waals surface area contributed by atoms with Gasteiger partial charge in [0.2, 0.25) is 11.8 Å². The highest BCUT2D eigenvalue weighted by molar-refractivity contribution is 7.13. The van der Waals surface area contributed by atoms with Crippen molar-refractivity contribution in [2.75, 3.05) is 17.2 Å². The minimum atomic E-state index is -0.376. The molecule has 0 radical (unpaired) electrons. The second-order valence-electron chi connectivity index (χ2n) is 7.72. The van der Waals surface area contributed by atoms with Gasteiger partial charge in [-0.2, -0.15) is 0 Å². The molecule has 0 bridgehead atoms. The van der Waals surface area contributed by atoms with Crippen LogP contribution in [0.1, 0.15) is 41.2 Å². The molecule has 0 aliphatic carbocycles. The van der Waals surface area contributed by atoms with Crippen molar-refractivity contribution in [2.45, 2.75) is 40.2 Å². The third kappa shape index (κ3) is 6.04. The van der Waals surface area contributed by atoms with Crippen LogP contribution < -0.4 is 10.6 Å². The van der Waals surface area contributed by atoms with Crippen molar-refractivity contribution in [3.8, 4) is 0 Å². The maximum Gasteiger partial charge on any atom is 0.290 e. The molecule has 0 fully saturated rings. The Bertz CT molecular complexity index is 1110. The lowest BCUT2D eigenvalue weighted by atomic mass is 10.1. The van der Waals surface area contributed by atoms with E-state index < -0.39 is 0 Å². The molecule has 0 saturated heterocycles. The zero-order valence-corrected chi connectivity index (χ0v) is 19.3. The molecule has 3 aromatic rings. The average molecular weight is 455 g/mol. The van der Waals surface area contributed by atoms with Crippen LogP contribution in [0.4, 0.5) is 10.8 Å². The van der Waals surface area contributed by atoms with E-state index in [0.29, 0.717) is 10.8 Å². The highest BCUT2D eigenvalue weighted by Crippen LogP contribution is 2.18. The molecular formula is C23H26N4O4S. The number of carbonyl (C=O) groups is 3. The molecule has 8 nitrogen and oxygen atoms in total. The summed E-state index contributed by atoms with van der Waals surface area (Å²) in [6, 6.07) is 8.73. The van der Waals surface area contributed by atoms with Gasteiger partial charge in [-0.3, -0.25) is 14.4 Å². The second kappa shape index (κ2) is 10.2. The molecule has 0 atom stereocenters. The molecule has 0 saturated carbocycles. The zero-order chi connectivity index (χ0) is 23.3. The number of aromatic nitrogens is 1. The first-order valence-corrected chi connectivity index (χ1v) is 11.1. The Balaban J connectivity index is 1.55. The highest BCUT2D eigenvalue weighted by Gasteiger charge is 2.24. The maximum atomic E-state index is 12.5. The fourth-order valence-corrected chi connectivity index (χ4v) is 3.71. The van der Waals surface area contributed by atoms with E-state index in [9.17, 15) is 14.4 Å². The minimum absolute atomic E-state index is 0.0917. The predicted octanol–water partition coefficient (Wildman–Crippen LogP) is 4.02. The minimum Gasteiger partial charge on any atom is -0.459 e. The van der Waals surface area contributed by atoms with Crippen LogP contribution in [0.25, 0.3) is 0 Å². The topological polar surface area (TPSA) is 105 Å². The molecule has 0 unspecified atom stereocenters. The number of nitrogens with one attached hydrogen (secondary N) is 2. The Morgan fingerprint density at radius 3 is 2.53 bits per heavy atom. The number of carbonyl (C=O) groups excluding carboxylic acids is 3. The van der Waals surface area contributed by atoms with E-state index in [-0.39, 0.29) is 42.5 Å². The molecule has 2 N–H and O–H groups in total. The lowest BCUT2D eigenvalue weighted by Gasteiger charge is -2.24. The first-order chi connectivity index (χ1) is 15.2. The largest absolute Gasteiger partial charge is 0.459 e. The standard InChI is InChI=1S/C23H26N4O4S/c1-14(2)27(22(30)19-6-5-9-31-19)12-21(29)26-23-25-18(13-32-23)11-20(28)24-17-8-7-15(3)16(4)10-17/h5-10,13-14H,11-12H2,1-4H3,(H,24,28)(H,25,26,29). The fourth-order valence-electron chi connectivity index (χ4n) is 2.98. The number of nitrogens with zero attached hydrogens (tertiary/aromatic N) is 2. The monoisotopic (exact) mass is 454 g/mol. The molecule has 1 aromatic carbocycles. The van der Waals surface area contributed by atoms with Gasteiger partial charge in [-0.15, -0.1) is 11.3 Å². The van der Waals surface area contributed by atoms with Gasteiger partial charge in [0, 0.05) is 17.1 Å². The summed E-state index contributed by atoms with van der Waals surface area (Å²) in [5.41, 5.74) is 3.54. The van der Waals surface area contributed by atoms with Crippen LogP contribution in [0, 0.1) is 13.8 Å². The Kier molecular flexibility index (Phi) is 7.42. The Labute approximate surface area is 190 Å². The summed E-state index contributed by atoms with van der Waals surface area (Å²) in [4.78, 5) is 43.1. The molecule has 32 heavy (non-hydrogen) atoms. The predicted molar refractivity (Wildman–Crippen MR) is 124 cm³/mol. The van der Waals surface area contributed by atoms with E-state index in [2.05, 4.69) is 15.6 Å². The van der Waals surface area contributed by atoms with E-state index in [0.717, 1.165) is 16.8 Å². The van der Waals surface area contributed by atoms with Gasteiger partial charge in [0.15, 0.2) is 10.9 Å². The fraction of sp³-hybridized carbons (Fsp3) is 0.304. The van der Waals surface area contributed by atoms with Crippen LogP contribution >= 0.6 is 11.3 Å². The molecule has 0 aliphatic rings. The number of hydrogen-bond acceptors (Lipinski definition) is 6. The van der Waals surface area contributed by atoms with Gasteiger partial charge >= 0.3 is 0 Å². The van der Waals surface area contributed by atoms with Crippen molar-refractivity contribution in [3.05, 3.63) is 64.6 Å². The highest BCUT2D eigenvalue weighted by atomic mass is 32.1. The lowest BCUT2D eigenvalue weighted by Crippen LogP contribution is -2.42. The molecule has 168 valence electrons. The second-order valence-corrected chi connectivity index (χ2v) is 8.58. The van der Waals surface area contributed by atoms with Gasteiger partial charge in [0.1, 0.15) is 6.54 Å². The van der Waals surface area contributed by atoms with Gasteiger partial charge in [-0.1, -0.05) is 6.07 Å². The van der Waals surface area contributed by atoms with Crippen LogP contribution in [-0.4, -0.2) is 40.2 Å². The van der Waals surface area contributed by atoms with Gasteiger partial charge in [0.05, 0.1) is 18.4 Å². The van der Waals surface area contributed by atoms with E-state index in [4.69, 9.17) is 4.42 Å². The normalized spacial score (nSPS) is 10.8. The summed E-state index contributed by atoms with van der Waals surface area (Å²) >= 11 is 1.23. The van der Waals surface area contributed by atoms with Crippen molar-refractivity contribution in [2.24, 2.45) is 0 Å². The van der Waals surface area contributed by atoms with Gasteiger partial charge in [-0.05, 0) is 63.1 Å². The molecular weight excluding hydrogens is 428 g/mol. The summed E-state index contributed by atoms with van der Waals surface area (Å²) in [6.07, 6.45) is 1.51. The smallest absolute Gasteiger partial charge is 0.290 e. The third-order valence-electron chi connectivity index (χ3n) is 4.86. The number of furan rings is 1. The molecule has 2 aromatic heterocycles. The lowest BCUT2D eigenvalue weighted by molar-refractivity contribution is -0.117. The number of rotatable bonds is 8. The average Bonchev–Trinajstić information content (AvgIpc) is 3.40. The Morgan fingerprint density at radius 2 is 1.88 bits per heavy atom. The van der Waals surface area contributed by atoms with Crippen molar-refractivity contribution in [3.63, 3.8) is 0 Å². The third-order valence-corrected chi connectivity index (χ3v) is 5.67. The molecule has 0 aliphatic heterocycles. The summed E-state index contributed by atoms with van der Waals surface area (Å²) in [6.45, 7) is 7.51. The van der Waals surface area contributed by atoms with Crippen LogP contribution in [-0.2, 0) is 16.0 Å². The number of hydrogen-bond donors (Lipinski definition) is 2. The van der Waals surface area contributed by atoms with Crippen LogP contribution in [0.3, 0.4) is 0 Å². The first-order valence-electron chi connectivity index (χ1n) is 10.2. The van der Waals surface area contributed by atoms with Crippen LogP contribution in [0.2, 0.25) is 0 Å². The van der Waals surface area contributed by atoms with Crippen molar-refractivity contribution in [1.29, 1.82) is 0 Å². The van der Waals surface area contributed by atoms with Gasteiger partial charge < -0.3 is 20.0 Å². The van der Waals surface area contributed by atoms with Crippen LogP contribution in [0.5, 0.6) is 0 Å². The van der Waals surface area contributed by atoms with E-state index in [1.165, 1.54) is 22.5 Å². The van der Waals surface area contributed by atoms with E-state index in [1.807, 2.05) is 45.9 Å². The number of benzene rings is 1. The summed E-state index contributed by atoms with van der Waals surface area (Å²) < 4.78 is 5.15. The summed E-state index contributed by atoms with van der Waals surface area (Å²) in [5, 5.41) is 7.65. The molecule has 2 heterocycles. The SMILES string of the molecule is Cc1ccc(NC(=O)Cc2csc(NC(=O)CN(C(=O)c3ccco3)C(C)C)n2)cc1C. The van der Waals surface area contributed by atoms with Crippen molar-refractivity contribution in [1.82, 2.24) is 9.88 Å². The van der Waals surface area contributed by atoms with Gasteiger partial charge in [0.25, 0.3) is 5.91 Å². The maximum absolute atomic E-state index is 12.5. The Morgan fingerprint density at radius 1 is 1.09 bits per heavy atom. The number of amides is 3. The quantitative estimate of drug-likeness (QED) is 0.535. The molecule has 9 heteroatoms. The molecule has 0 spiro atoms. The number of thiazole rings is 1. The first kappa shape index (κ1) is 23.2. The number of aryl methyl sites for hydroxylation is 2. The van der Waals surface area contributed by atoms with Crippen molar-refractivity contribution >= 4 is 39.9 Å². The summed E-state index contributed by atoms with van der Waals surface area (Å²) in [7, 11) is 0. The number of anilines is 2. The van der Waals surface area contributed by atoms with Crippen molar-refractivity contribution < 1.29 is 18.8 Å². The summed E-state index contributed by atoms with van der Waals surface area (Å²) in [5.74, 6) is -0.744. The zero-order valence-electron chi connectivity index (χ0n) is 18.5. The van der Waals surface area contributed by atoms with Crippen LogP contribution in [0.15, 0.2) is 46.4 Å². The molecule has 3 rings (SSSR count). The Hall–Kier alpha value is -3.46. The van der Waals surface area contributed by atoms with E-state index >= 15 is 0 Å². The van der Waals surface area contributed by atoms with Gasteiger partial charge in [-0.25, -0.2) is 4.98 Å². The molecule has 3 amide bonds.